The molecule has 0 aliphatic heterocycles. The summed E-state index contributed by atoms with van der Waals surface area (Å²) in [6.45, 7) is 1.83. The van der Waals surface area contributed by atoms with Crippen LogP contribution in [0.4, 0.5) is 5.69 Å². The number of benzene rings is 2. The largest absolute Gasteiger partial charge is 0.508 e. The number of fused-ring (bicyclic) bond motifs is 1. The monoisotopic (exact) mass is 364 g/mol. The molecule has 6 nitrogen and oxygen atoms in total. The number of phenolic OH excluding ortho intramolecular Hbond substituents is 1. The van der Waals surface area contributed by atoms with Crippen molar-refractivity contribution in [2.75, 3.05) is 5.32 Å². The summed E-state index contributed by atoms with van der Waals surface area (Å²) in [6, 6.07) is 12.2. The third-order valence-electron chi connectivity index (χ3n) is 4.21. The number of H-pyrrole nitrogens is 1. The number of hydrogen-bond acceptors (Lipinski definition) is 5. The first-order valence-electron chi connectivity index (χ1n) is 8.08. The molecule has 0 bridgehead atoms. The molecule has 4 aromatic rings. The Morgan fingerprint density at radius 2 is 2.04 bits per heavy atom. The molecule has 1 amide bonds. The minimum atomic E-state index is -0.337. The molecule has 2 aromatic heterocycles. The van der Waals surface area contributed by atoms with Gasteiger partial charge in [-0.05, 0) is 42.8 Å². The maximum Gasteiger partial charge on any atom is 0.231 e. The van der Waals surface area contributed by atoms with Gasteiger partial charge in [0.1, 0.15) is 11.4 Å². The van der Waals surface area contributed by atoms with Gasteiger partial charge in [0.15, 0.2) is 5.82 Å². The number of hydrogen-bond donors (Lipinski definition) is 3. The Labute approximate surface area is 153 Å². The summed E-state index contributed by atoms with van der Waals surface area (Å²) in [5, 5.41) is 14.2. The molecular formula is C19H16N4O2S. The normalized spacial score (nSPS) is 12.2. The number of aromatic amines is 1. The minimum Gasteiger partial charge on any atom is -0.508 e. The van der Waals surface area contributed by atoms with E-state index < -0.39 is 0 Å². The summed E-state index contributed by atoms with van der Waals surface area (Å²) >= 11 is 1.51. The number of imidazole rings is 1. The molecule has 7 heteroatoms. The molecule has 2 heterocycles. The Hall–Kier alpha value is -3.19. The maximum absolute atomic E-state index is 12.5. The average Bonchev–Trinajstić information content (AvgIpc) is 3.30. The number of anilines is 1. The lowest BCUT2D eigenvalue weighted by molar-refractivity contribution is -0.117. The molecule has 1 atom stereocenters. The summed E-state index contributed by atoms with van der Waals surface area (Å²) in [6.07, 6.45) is 0. The summed E-state index contributed by atoms with van der Waals surface area (Å²) in [4.78, 5) is 24.5. The summed E-state index contributed by atoms with van der Waals surface area (Å²) in [7, 11) is 0. The molecular weight excluding hydrogens is 348 g/mol. The molecule has 0 saturated heterocycles. The lowest BCUT2D eigenvalue weighted by atomic mass is 10.0. The first kappa shape index (κ1) is 16.3. The van der Waals surface area contributed by atoms with E-state index in [1.807, 2.05) is 30.5 Å². The van der Waals surface area contributed by atoms with Crippen molar-refractivity contribution in [2.24, 2.45) is 0 Å². The Balaban J connectivity index is 1.55. The van der Waals surface area contributed by atoms with E-state index in [4.69, 9.17) is 0 Å². The predicted molar refractivity (Wildman–Crippen MR) is 102 cm³/mol. The molecule has 0 aliphatic carbocycles. The molecule has 0 aliphatic rings. The van der Waals surface area contributed by atoms with Crippen LogP contribution in [0.3, 0.4) is 0 Å². The third-order valence-corrected chi connectivity index (χ3v) is 4.80. The lowest BCUT2D eigenvalue weighted by Gasteiger charge is -2.12. The van der Waals surface area contributed by atoms with Crippen LogP contribution in [0.5, 0.6) is 5.75 Å². The number of aromatic hydroxyl groups is 1. The minimum absolute atomic E-state index is 0.120. The topological polar surface area (TPSA) is 90.9 Å². The van der Waals surface area contributed by atoms with Crippen molar-refractivity contribution in [1.82, 2.24) is 15.0 Å². The van der Waals surface area contributed by atoms with Crippen molar-refractivity contribution in [3.8, 4) is 17.3 Å². The van der Waals surface area contributed by atoms with Crippen molar-refractivity contribution in [3.05, 3.63) is 58.9 Å². The van der Waals surface area contributed by atoms with Gasteiger partial charge in [-0.3, -0.25) is 4.79 Å². The van der Waals surface area contributed by atoms with Crippen molar-refractivity contribution < 1.29 is 9.90 Å². The first-order valence-corrected chi connectivity index (χ1v) is 9.02. The molecule has 0 spiro atoms. The summed E-state index contributed by atoms with van der Waals surface area (Å²) in [5.41, 5.74) is 5.74. The van der Waals surface area contributed by atoms with E-state index in [1.54, 1.807) is 29.8 Å². The number of carbonyl (C=O) groups is 1. The fraction of sp³-hybridized carbons (Fsp3) is 0.105. The Morgan fingerprint density at radius 3 is 2.77 bits per heavy atom. The fourth-order valence-electron chi connectivity index (χ4n) is 2.70. The Kier molecular flexibility index (Phi) is 4.14. The van der Waals surface area contributed by atoms with Crippen molar-refractivity contribution in [1.29, 1.82) is 0 Å². The van der Waals surface area contributed by atoms with Gasteiger partial charge in [-0.2, -0.15) is 0 Å². The van der Waals surface area contributed by atoms with Crippen LogP contribution in [0.25, 0.3) is 22.6 Å². The highest BCUT2D eigenvalue weighted by Gasteiger charge is 2.16. The Bertz CT molecular complexity index is 1060. The maximum atomic E-state index is 12.5. The number of aromatic nitrogens is 3. The van der Waals surface area contributed by atoms with Gasteiger partial charge in [-0.15, -0.1) is 11.3 Å². The molecule has 1 unspecified atom stereocenters. The molecule has 2 aromatic carbocycles. The van der Waals surface area contributed by atoms with Gasteiger partial charge in [0.25, 0.3) is 0 Å². The summed E-state index contributed by atoms with van der Waals surface area (Å²) in [5.74, 6) is 0.435. The highest BCUT2D eigenvalue weighted by atomic mass is 32.1. The predicted octanol–water partition coefficient (Wildman–Crippen LogP) is 4.13. The van der Waals surface area contributed by atoms with Crippen LogP contribution < -0.4 is 5.32 Å². The highest BCUT2D eigenvalue weighted by molar-refractivity contribution is 7.07. The number of phenols is 1. The first-order chi connectivity index (χ1) is 12.6. The van der Waals surface area contributed by atoms with E-state index in [0.717, 1.165) is 22.3 Å². The van der Waals surface area contributed by atoms with Gasteiger partial charge in [0.05, 0.1) is 22.5 Å². The van der Waals surface area contributed by atoms with E-state index in [1.165, 1.54) is 11.3 Å². The number of amides is 1. The van der Waals surface area contributed by atoms with Gasteiger partial charge in [0, 0.05) is 11.1 Å². The molecule has 0 radical (unpaired) electrons. The zero-order chi connectivity index (χ0) is 18.1. The van der Waals surface area contributed by atoms with E-state index in [9.17, 15) is 9.90 Å². The standard InChI is InChI=1S/C19H16N4O2S/c1-11(12-2-5-14(24)6-3-12)19(25)21-13-4-7-15-16(8-13)23-18(22-15)17-9-26-10-20-17/h2-11,24H,1H3,(H,21,25)(H,22,23). The van der Waals surface area contributed by atoms with Crippen LogP contribution in [-0.2, 0) is 4.79 Å². The van der Waals surface area contributed by atoms with Crippen LogP contribution in [-0.4, -0.2) is 26.0 Å². The Morgan fingerprint density at radius 1 is 1.23 bits per heavy atom. The second kappa shape index (κ2) is 6.61. The molecule has 0 fully saturated rings. The third kappa shape index (κ3) is 3.16. The van der Waals surface area contributed by atoms with Gasteiger partial charge >= 0.3 is 0 Å². The van der Waals surface area contributed by atoms with Crippen LogP contribution in [0.2, 0.25) is 0 Å². The zero-order valence-corrected chi connectivity index (χ0v) is 14.7. The molecule has 130 valence electrons. The van der Waals surface area contributed by atoms with Crippen LogP contribution in [0.15, 0.2) is 53.4 Å². The van der Waals surface area contributed by atoms with Crippen molar-refractivity contribution in [2.45, 2.75) is 12.8 Å². The van der Waals surface area contributed by atoms with Gasteiger partial charge in [-0.25, -0.2) is 9.97 Å². The van der Waals surface area contributed by atoms with E-state index in [0.29, 0.717) is 11.5 Å². The van der Waals surface area contributed by atoms with Crippen molar-refractivity contribution >= 4 is 34.0 Å². The number of nitrogens with zero attached hydrogens (tertiary/aromatic N) is 2. The zero-order valence-electron chi connectivity index (χ0n) is 13.9. The number of carbonyl (C=O) groups excluding carboxylic acids is 1. The second-order valence-electron chi connectivity index (χ2n) is 5.99. The van der Waals surface area contributed by atoms with E-state index in [2.05, 4.69) is 20.3 Å². The smallest absolute Gasteiger partial charge is 0.231 e. The number of nitrogens with one attached hydrogen (secondary N) is 2. The second-order valence-corrected chi connectivity index (χ2v) is 6.71. The molecule has 3 N–H and O–H groups in total. The quantitative estimate of drug-likeness (QED) is 0.508. The SMILES string of the molecule is CC(C(=O)Nc1ccc2[nH]c(-c3cscn3)nc2c1)c1ccc(O)cc1. The molecule has 0 saturated carbocycles. The molecule has 26 heavy (non-hydrogen) atoms. The van der Waals surface area contributed by atoms with E-state index >= 15 is 0 Å². The average molecular weight is 364 g/mol. The summed E-state index contributed by atoms with van der Waals surface area (Å²) < 4.78 is 0. The van der Waals surface area contributed by atoms with Crippen LogP contribution >= 0.6 is 11.3 Å². The molecule has 4 rings (SSSR count). The van der Waals surface area contributed by atoms with Gasteiger partial charge < -0.3 is 15.4 Å². The van der Waals surface area contributed by atoms with Crippen LogP contribution in [0.1, 0.15) is 18.4 Å². The van der Waals surface area contributed by atoms with Gasteiger partial charge in [-0.1, -0.05) is 12.1 Å². The van der Waals surface area contributed by atoms with Crippen LogP contribution in [0, 0.1) is 0 Å². The van der Waals surface area contributed by atoms with Crippen molar-refractivity contribution in [3.63, 3.8) is 0 Å². The number of rotatable bonds is 4. The fourth-order valence-corrected chi connectivity index (χ4v) is 3.24. The van der Waals surface area contributed by atoms with E-state index in [-0.39, 0.29) is 17.6 Å². The highest BCUT2D eigenvalue weighted by Crippen LogP contribution is 2.24. The number of thiazole rings is 1. The van der Waals surface area contributed by atoms with Gasteiger partial charge in [0.2, 0.25) is 5.91 Å². The lowest BCUT2D eigenvalue weighted by Crippen LogP contribution is -2.18.